The Hall–Kier alpha value is -2.37. The van der Waals surface area contributed by atoms with Crippen LogP contribution in [0.15, 0.2) is 36.7 Å². The summed E-state index contributed by atoms with van der Waals surface area (Å²) in [5, 5.41) is 0. The first-order valence-corrected chi connectivity index (χ1v) is 6.56. The maximum Gasteiger partial charge on any atom is 0.146 e. The molecule has 2 heterocycles. The summed E-state index contributed by atoms with van der Waals surface area (Å²) in [6, 6.07) is 8.63. The Morgan fingerprint density at radius 3 is 2.40 bits per heavy atom. The Balaban J connectivity index is 1.70. The van der Waals surface area contributed by atoms with Crippen LogP contribution in [0, 0.1) is 5.82 Å². The van der Waals surface area contributed by atoms with Crippen molar-refractivity contribution in [2.45, 2.75) is 0 Å². The van der Waals surface area contributed by atoms with Crippen molar-refractivity contribution in [2.75, 3.05) is 41.7 Å². The van der Waals surface area contributed by atoms with Gasteiger partial charge in [0.2, 0.25) is 0 Å². The standard InChI is InChI=1S/C14H16FN5/c15-11-3-1-2-4-12(11)19-5-7-20(8-6-19)14-9-13(16)17-10-18-14/h1-4,9-10H,5-8H2,(H2,16,17,18). The molecule has 0 amide bonds. The van der Waals surface area contributed by atoms with Crippen LogP contribution in [0.3, 0.4) is 0 Å². The molecular weight excluding hydrogens is 257 g/mol. The number of halogens is 1. The number of nitrogen functional groups attached to an aromatic ring is 1. The summed E-state index contributed by atoms with van der Waals surface area (Å²) in [5.41, 5.74) is 6.33. The highest BCUT2D eigenvalue weighted by atomic mass is 19.1. The molecule has 0 aliphatic carbocycles. The van der Waals surface area contributed by atoms with Gasteiger partial charge in [-0.15, -0.1) is 0 Å². The van der Waals surface area contributed by atoms with E-state index < -0.39 is 0 Å². The van der Waals surface area contributed by atoms with Crippen LogP contribution in [0.1, 0.15) is 0 Å². The molecule has 0 radical (unpaired) electrons. The first-order chi connectivity index (χ1) is 9.74. The molecule has 6 heteroatoms. The molecule has 2 aromatic rings. The third-order valence-corrected chi connectivity index (χ3v) is 3.47. The molecule has 104 valence electrons. The lowest BCUT2D eigenvalue weighted by atomic mass is 10.2. The summed E-state index contributed by atoms with van der Waals surface area (Å²) >= 11 is 0. The van der Waals surface area contributed by atoms with Crippen LogP contribution < -0.4 is 15.5 Å². The van der Waals surface area contributed by atoms with Crippen LogP contribution in [0.25, 0.3) is 0 Å². The molecular formula is C14H16FN5. The van der Waals surface area contributed by atoms with E-state index in [-0.39, 0.29) is 5.82 Å². The number of anilines is 3. The van der Waals surface area contributed by atoms with Gasteiger partial charge in [0.15, 0.2) is 0 Å². The average Bonchev–Trinajstić information content (AvgIpc) is 2.48. The largest absolute Gasteiger partial charge is 0.384 e. The van der Waals surface area contributed by atoms with Crippen molar-refractivity contribution in [3.63, 3.8) is 0 Å². The maximum atomic E-state index is 13.8. The van der Waals surface area contributed by atoms with Crippen LogP contribution in [-0.4, -0.2) is 36.1 Å². The third kappa shape index (κ3) is 2.49. The van der Waals surface area contributed by atoms with E-state index in [1.54, 1.807) is 12.1 Å². The number of aromatic nitrogens is 2. The van der Waals surface area contributed by atoms with E-state index in [0.29, 0.717) is 11.5 Å². The Kier molecular flexibility index (Phi) is 3.37. The molecule has 1 aromatic heterocycles. The number of nitrogens with zero attached hydrogens (tertiary/aromatic N) is 4. The summed E-state index contributed by atoms with van der Waals surface area (Å²) in [7, 11) is 0. The van der Waals surface area contributed by atoms with Crippen molar-refractivity contribution in [3.05, 3.63) is 42.5 Å². The summed E-state index contributed by atoms with van der Waals surface area (Å²) in [4.78, 5) is 12.3. The van der Waals surface area contributed by atoms with Gasteiger partial charge in [0.1, 0.15) is 23.8 Å². The Morgan fingerprint density at radius 2 is 1.70 bits per heavy atom. The van der Waals surface area contributed by atoms with Crippen LogP contribution in [-0.2, 0) is 0 Å². The molecule has 0 spiro atoms. The van der Waals surface area contributed by atoms with Crippen molar-refractivity contribution in [3.8, 4) is 0 Å². The summed E-state index contributed by atoms with van der Waals surface area (Å²) in [5.74, 6) is 1.12. The van der Waals surface area contributed by atoms with Crippen LogP contribution in [0.4, 0.5) is 21.7 Å². The van der Waals surface area contributed by atoms with E-state index in [2.05, 4.69) is 19.8 Å². The van der Waals surface area contributed by atoms with E-state index in [0.717, 1.165) is 32.0 Å². The third-order valence-electron chi connectivity index (χ3n) is 3.47. The fraction of sp³-hybridized carbons (Fsp3) is 0.286. The van der Waals surface area contributed by atoms with Gasteiger partial charge < -0.3 is 15.5 Å². The molecule has 0 atom stereocenters. The highest BCUT2D eigenvalue weighted by Crippen LogP contribution is 2.22. The number of para-hydroxylation sites is 1. The van der Waals surface area contributed by atoms with E-state index in [1.807, 2.05) is 12.1 Å². The minimum absolute atomic E-state index is 0.174. The van der Waals surface area contributed by atoms with E-state index in [9.17, 15) is 4.39 Å². The fourth-order valence-electron chi connectivity index (χ4n) is 2.42. The van der Waals surface area contributed by atoms with Gasteiger partial charge in [-0.3, -0.25) is 0 Å². The number of hydrogen-bond acceptors (Lipinski definition) is 5. The average molecular weight is 273 g/mol. The smallest absolute Gasteiger partial charge is 0.146 e. The molecule has 1 saturated heterocycles. The monoisotopic (exact) mass is 273 g/mol. The first-order valence-electron chi connectivity index (χ1n) is 6.56. The van der Waals surface area contributed by atoms with Crippen LogP contribution in [0.5, 0.6) is 0 Å². The normalized spacial score (nSPS) is 15.4. The molecule has 0 unspecified atom stereocenters. The Morgan fingerprint density at radius 1 is 1.00 bits per heavy atom. The van der Waals surface area contributed by atoms with Crippen molar-refractivity contribution in [1.29, 1.82) is 0 Å². The van der Waals surface area contributed by atoms with Crippen LogP contribution in [0.2, 0.25) is 0 Å². The van der Waals surface area contributed by atoms with Crippen molar-refractivity contribution >= 4 is 17.3 Å². The van der Waals surface area contributed by atoms with Crippen molar-refractivity contribution in [2.24, 2.45) is 0 Å². The minimum Gasteiger partial charge on any atom is -0.384 e. The van der Waals surface area contributed by atoms with Crippen molar-refractivity contribution in [1.82, 2.24) is 9.97 Å². The Labute approximate surface area is 116 Å². The number of nitrogens with two attached hydrogens (primary N) is 1. The number of benzene rings is 1. The maximum absolute atomic E-state index is 13.8. The number of rotatable bonds is 2. The minimum atomic E-state index is -0.174. The van der Waals surface area contributed by atoms with Crippen LogP contribution >= 0.6 is 0 Å². The SMILES string of the molecule is Nc1cc(N2CCN(c3ccccc3F)CC2)ncn1. The zero-order chi connectivity index (χ0) is 13.9. The second kappa shape index (κ2) is 5.32. The molecule has 1 aromatic carbocycles. The summed E-state index contributed by atoms with van der Waals surface area (Å²) in [6.45, 7) is 3.07. The van der Waals surface area contributed by atoms with Gasteiger partial charge in [-0.25, -0.2) is 14.4 Å². The molecule has 2 N–H and O–H groups in total. The highest BCUT2D eigenvalue weighted by molar-refractivity contribution is 5.51. The van der Waals surface area contributed by atoms with E-state index >= 15 is 0 Å². The molecule has 0 bridgehead atoms. The predicted molar refractivity (Wildman–Crippen MR) is 77.3 cm³/mol. The van der Waals surface area contributed by atoms with Gasteiger partial charge in [0, 0.05) is 32.2 Å². The molecule has 3 rings (SSSR count). The lowest BCUT2D eigenvalue weighted by Crippen LogP contribution is -2.47. The lowest BCUT2D eigenvalue weighted by molar-refractivity contribution is 0.596. The van der Waals surface area contributed by atoms with Gasteiger partial charge >= 0.3 is 0 Å². The van der Waals surface area contributed by atoms with Gasteiger partial charge in [-0.2, -0.15) is 0 Å². The lowest BCUT2D eigenvalue weighted by Gasteiger charge is -2.36. The quantitative estimate of drug-likeness (QED) is 0.899. The Bertz CT molecular complexity index is 596. The van der Waals surface area contributed by atoms with Crippen molar-refractivity contribution < 1.29 is 4.39 Å². The molecule has 20 heavy (non-hydrogen) atoms. The van der Waals surface area contributed by atoms with Gasteiger partial charge in [0.05, 0.1) is 5.69 Å². The summed E-state index contributed by atoms with van der Waals surface area (Å²) < 4.78 is 13.8. The van der Waals surface area contributed by atoms with Gasteiger partial charge in [0.25, 0.3) is 0 Å². The second-order valence-corrected chi connectivity index (χ2v) is 4.73. The zero-order valence-corrected chi connectivity index (χ0v) is 11.0. The number of piperazine rings is 1. The predicted octanol–water partition coefficient (Wildman–Crippen LogP) is 1.52. The molecule has 1 aliphatic heterocycles. The molecule has 5 nitrogen and oxygen atoms in total. The topological polar surface area (TPSA) is 58.3 Å². The summed E-state index contributed by atoms with van der Waals surface area (Å²) in [6.07, 6.45) is 1.47. The van der Waals surface area contributed by atoms with E-state index in [4.69, 9.17) is 5.73 Å². The fourth-order valence-corrected chi connectivity index (χ4v) is 2.42. The van der Waals surface area contributed by atoms with E-state index in [1.165, 1.54) is 12.4 Å². The molecule has 1 aliphatic rings. The molecule has 1 fully saturated rings. The second-order valence-electron chi connectivity index (χ2n) is 4.73. The van der Waals surface area contributed by atoms with Gasteiger partial charge in [-0.05, 0) is 12.1 Å². The number of hydrogen-bond donors (Lipinski definition) is 1. The first kappa shape index (κ1) is 12.7. The van der Waals surface area contributed by atoms with Gasteiger partial charge in [-0.1, -0.05) is 12.1 Å². The molecule has 0 saturated carbocycles. The highest BCUT2D eigenvalue weighted by Gasteiger charge is 2.20. The zero-order valence-electron chi connectivity index (χ0n) is 11.0.